The van der Waals surface area contributed by atoms with Crippen molar-refractivity contribution in [2.45, 2.75) is 138 Å². The molecule has 29 heteroatoms. The van der Waals surface area contributed by atoms with Gasteiger partial charge in [-0.3, -0.25) is 52.7 Å². The van der Waals surface area contributed by atoms with Crippen LogP contribution in [0.1, 0.15) is 73.9 Å². The molecule has 11 amide bonds. The number of hydrogen-bond donors (Lipinski definition) is 18. The molecule has 0 radical (unpaired) electrons. The van der Waals surface area contributed by atoms with Gasteiger partial charge in [0.05, 0.1) is 12.2 Å². The summed E-state index contributed by atoms with van der Waals surface area (Å²) in [6.45, 7) is 1.04. The third-order valence-corrected chi connectivity index (χ3v) is 15.0. The van der Waals surface area contributed by atoms with Crippen LogP contribution in [0.3, 0.4) is 0 Å². The third-order valence-electron chi connectivity index (χ3n) is 15.0. The second kappa shape index (κ2) is 37.8. The Labute approximate surface area is 533 Å². The molecular weight excluding hydrogens is 1190 g/mol. The molecule has 0 aromatic heterocycles. The number of carbonyl (C=O) groups excluding carboxylic acids is 11. The molecule has 4 aromatic rings. The average molecular weight is 1280 g/mol. The van der Waals surface area contributed by atoms with Crippen molar-refractivity contribution >= 4 is 65.0 Å². The second-order valence-corrected chi connectivity index (χ2v) is 22.2. The summed E-state index contributed by atoms with van der Waals surface area (Å²) in [7, 11) is 0. The Bertz CT molecular complexity index is 3110. The normalized spacial score (nSPS) is 21.5. The molecular formula is C63H88N16O13. The molecule has 1 aliphatic heterocycles. The number of rotatable bonds is 25. The first-order chi connectivity index (χ1) is 44.1. The van der Waals surface area contributed by atoms with Crippen LogP contribution in [-0.2, 0) is 60.8 Å². The standard InChI is InChI=1S/C63H88N16O13/c1-36(80)51-62(91)69-32-26-48(74-55(84)45(23-29-66)75-63(92)52(37(2)81)79-58(87)46(24-30-67)70-53(82)42-20-12-19-41(35-42)40-17-10-5-11-18-40)57(86)71-44(22-28-65)56(85)76-50(34-39-15-8-4-9-16-39)61(90)77-49(33-38-13-6-3-7-14-38)60(89)73-43(21-27-64)54(83)72-47(25-31-68)59(88)78-51/h3-20,35-37,43-52,80-81H,21-34,64-68H2,1-2H3,(H,69,91)(H,70,82)(H,71,86)(H,72,83)(H,73,89)(H,74,84)(H,75,92)(H,76,85)(H,77,90)(H,78,88)(H,79,87)/t36-,37-,43+,44+,45+,46+,47+,48+,49+,50-,51+,52+/m1/s1. The molecule has 29 nitrogen and oxygen atoms in total. The Morgan fingerprint density at radius 2 is 0.913 bits per heavy atom. The van der Waals surface area contributed by atoms with Gasteiger partial charge in [-0.15, -0.1) is 0 Å². The minimum absolute atomic E-state index is 0.0865. The number of aliphatic hydroxyl groups is 2. The molecule has 5 rings (SSSR count). The van der Waals surface area contributed by atoms with E-state index in [-0.39, 0.29) is 83.2 Å². The maximum absolute atomic E-state index is 14.7. The van der Waals surface area contributed by atoms with E-state index in [1.165, 1.54) is 13.8 Å². The first kappa shape index (κ1) is 73.5. The van der Waals surface area contributed by atoms with Gasteiger partial charge in [-0.05, 0) is 119 Å². The van der Waals surface area contributed by atoms with Gasteiger partial charge in [0.2, 0.25) is 59.1 Å². The quantitative estimate of drug-likeness (QED) is 0.0297. The molecule has 498 valence electrons. The van der Waals surface area contributed by atoms with E-state index in [4.69, 9.17) is 28.7 Å². The highest BCUT2D eigenvalue weighted by Crippen LogP contribution is 2.20. The molecule has 1 aliphatic rings. The third kappa shape index (κ3) is 22.9. The summed E-state index contributed by atoms with van der Waals surface area (Å²) in [6, 6.07) is 17.6. The van der Waals surface area contributed by atoms with E-state index in [0.717, 1.165) is 11.1 Å². The predicted molar refractivity (Wildman–Crippen MR) is 340 cm³/mol. The molecule has 0 aliphatic carbocycles. The Morgan fingerprint density at radius 3 is 1.38 bits per heavy atom. The molecule has 1 heterocycles. The molecule has 1 saturated heterocycles. The average Bonchev–Trinajstić information content (AvgIpc) is 1.68. The van der Waals surface area contributed by atoms with Crippen LogP contribution in [0.15, 0.2) is 115 Å². The molecule has 0 bridgehead atoms. The van der Waals surface area contributed by atoms with E-state index in [9.17, 15) is 63.0 Å². The lowest BCUT2D eigenvalue weighted by atomic mass is 10.0. The van der Waals surface area contributed by atoms with Gasteiger partial charge in [0, 0.05) is 24.9 Å². The summed E-state index contributed by atoms with van der Waals surface area (Å²) in [4.78, 5) is 156. The minimum Gasteiger partial charge on any atom is -0.391 e. The number of nitrogens with two attached hydrogens (primary N) is 5. The van der Waals surface area contributed by atoms with Gasteiger partial charge in [0.1, 0.15) is 60.4 Å². The Balaban J connectivity index is 1.47. The number of benzene rings is 4. The minimum atomic E-state index is -1.76. The molecule has 1 fully saturated rings. The van der Waals surface area contributed by atoms with E-state index in [1.807, 2.05) is 36.4 Å². The fourth-order valence-electron chi connectivity index (χ4n) is 9.94. The van der Waals surface area contributed by atoms with Crippen molar-refractivity contribution in [1.29, 1.82) is 0 Å². The Morgan fingerprint density at radius 1 is 0.478 bits per heavy atom. The van der Waals surface area contributed by atoms with E-state index in [0.29, 0.717) is 11.1 Å². The van der Waals surface area contributed by atoms with Gasteiger partial charge in [-0.25, -0.2) is 0 Å². The number of nitrogens with one attached hydrogen (secondary N) is 11. The monoisotopic (exact) mass is 1280 g/mol. The molecule has 0 unspecified atom stereocenters. The van der Waals surface area contributed by atoms with Crippen LogP contribution in [-0.4, -0.2) is 187 Å². The smallest absolute Gasteiger partial charge is 0.251 e. The highest BCUT2D eigenvalue weighted by molar-refractivity contribution is 6.01. The van der Waals surface area contributed by atoms with E-state index in [1.54, 1.807) is 78.9 Å². The molecule has 12 atom stereocenters. The summed E-state index contributed by atoms with van der Waals surface area (Å²) in [5.41, 5.74) is 32.5. The molecule has 0 saturated carbocycles. The maximum Gasteiger partial charge on any atom is 0.251 e. The van der Waals surface area contributed by atoms with Crippen molar-refractivity contribution in [1.82, 2.24) is 58.5 Å². The first-order valence-corrected chi connectivity index (χ1v) is 30.5. The van der Waals surface area contributed by atoms with Gasteiger partial charge in [-0.1, -0.05) is 103 Å². The van der Waals surface area contributed by atoms with Crippen molar-refractivity contribution < 1.29 is 63.0 Å². The van der Waals surface area contributed by atoms with Crippen LogP contribution in [0.4, 0.5) is 0 Å². The van der Waals surface area contributed by atoms with Gasteiger partial charge in [0.15, 0.2) is 0 Å². The van der Waals surface area contributed by atoms with Crippen molar-refractivity contribution in [3.05, 3.63) is 132 Å². The van der Waals surface area contributed by atoms with Crippen LogP contribution >= 0.6 is 0 Å². The fraction of sp³-hybridized carbons (Fsp3) is 0.444. The van der Waals surface area contributed by atoms with Crippen molar-refractivity contribution in [2.75, 3.05) is 39.3 Å². The van der Waals surface area contributed by atoms with Gasteiger partial charge in [-0.2, -0.15) is 0 Å². The lowest BCUT2D eigenvalue weighted by Crippen LogP contribution is -2.62. The van der Waals surface area contributed by atoms with Crippen LogP contribution in [0.25, 0.3) is 11.1 Å². The van der Waals surface area contributed by atoms with Crippen LogP contribution in [0.5, 0.6) is 0 Å². The van der Waals surface area contributed by atoms with Crippen LogP contribution in [0, 0.1) is 0 Å². The number of hydrogen-bond acceptors (Lipinski definition) is 18. The number of amides is 11. The molecule has 23 N–H and O–H groups in total. The predicted octanol–water partition coefficient (Wildman–Crippen LogP) is -4.67. The van der Waals surface area contributed by atoms with E-state index >= 15 is 0 Å². The molecule has 92 heavy (non-hydrogen) atoms. The zero-order valence-electron chi connectivity index (χ0n) is 51.6. The van der Waals surface area contributed by atoms with Crippen molar-refractivity contribution in [3.63, 3.8) is 0 Å². The topological polar surface area (TPSA) is 491 Å². The number of carbonyl (C=O) groups is 11. The zero-order valence-corrected chi connectivity index (χ0v) is 51.6. The second-order valence-electron chi connectivity index (χ2n) is 22.2. The summed E-state index contributed by atoms with van der Waals surface area (Å²) < 4.78 is 0. The summed E-state index contributed by atoms with van der Waals surface area (Å²) >= 11 is 0. The molecule has 0 spiro atoms. The maximum atomic E-state index is 14.7. The van der Waals surface area contributed by atoms with Gasteiger partial charge >= 0.3 is 0 Å². The van der Waals surface area contributed by atoms with Crippen molar-refractivity contribution in [2.24, 2.45) is 28.7 Å². The highest BCUT2D eigenvalue weighted by Gasteiger charge is 2.38. The number of aliphatic hydroxyl groups excluding tert-OH is 2. The first-order valence-electron chi connectivity index (χ1n) is 30.5. The van der Waals surface area contributed by atoms with E-state index in [2.05, 4.69) is 58.5 Å². The zero-order chi connectivity index (χ0) is 67.3. The van der Waals surface area contributed by atoms with Crippen LogP contribution < -0.4 is 87.2 Å². The summed E-state index contributed by atoms with van der Waals surface area (Å²) in [5.74, 6) is -10.3. The lowest BCUT2D eigenvalue weighted by Gasteiger charge is -2.28. The van der Waals surface area contributed by atoms with E-state index < -0.39 is 151 Å². The largest absolute Gasteiger partial charge is 0.391 e. The fourth-order valence-corrected chi connectivity index (χ4v) is 9.94. The van der Waals surface area contributed by atoms with Gasteiger partial charge < -0.3 is 97.4 Å². The summed E-state index contributed by atoms with van der Waals surface area (Å²) in [5, 5.41) is 49.9. The summed E-state index contributed by atoms with van der Waals surface area (Å²) in [6.07, 6.45) is -4.98. The highest BCUT2D eigenvalue weighted by atomic mass is 16.3. The van der Waals surface area contributed by atoms with Crippen molar-refractivity contribution in [3.8, 4) is 11.1 Å². The lowest BCUT2D eigenvalue weighted by molar-refractivity contribution is -0.136. The van der Waals surface area contributed by atoms with Gasteiger partial charge in [0.25, 0.3) is 5.91 Å². The Hall–Kier alpha value is -9.23. The molecule has 4 aromatic carbocycles. The van der Waals surface area contributed by atoms with Crippen LogP contribution in [0.2, 0.25) is 0 Å². The Kier molecular flexibility index (Phi) is 30.2. The SMILES string of the molecule is C[C@@H](O)[C@@H]1NC(=O)[C@H](CCN)NC(=O)[C@H](CCN)NC(=O)[C@H](Cc2ccccc2)NC(=O)[C@@H](Cc2ccccc2)NC(=O)[C@H](CCN)NC(=O)[C@@H](NC(=O)[C@H](CCN)NC(=O)[C@@H](NC(=O)[C@H](CCN)NC(=O)c2cccc(-c3ccccc3)c2)[C@@H](C)O)CCNC1=O.